The van der Waals surface area contributed by atoms with E-state index in [0.29, 0.717) is 12.2 Å². The molecule has 1 amide bonds. The van der Waals surface area contributed by atoms with E-state index in [-0.39, 0.29) is 17.8 Å². The first-order valence-corrected chi connectivity index (χ1v) is 6.60. The molecule has 1 atom stereocenters. The van der Waals surface area contributed by atoms with E-state index in [9.17, 15) is 9.18 Å². The molecule has 0 aromatic heterocycles. The predicted octanol–water partition coefficient (Wildman–Crippen LogP) is 1.51. The van der Waals surface area contributed by atoms with Gasteiger partial charge in [-0.2, -0.15) is 0 Å². The van der Waals surface area contributed by atoms with Crippen molar-refractivity contribution >= 4 is 11.6 Å². The van der Waals surface area contributed by atoms with Crippen molar-refractivity contribution in [3.8, 4) is 0 Å². The van der Waals surface area contributed by atoms with Gasteiger partial charge in [-0.25, -0.2) is 4.39 Å². The summed E-state index contributed by atoms with van der Waals surface area (Å²) in [6, 6.07) is 4.42. The van der Waals surface area contributed by atoms with Crippen LogP contribution in [0.5, 0.6) is 0 Å². The summed E-state index contributed by atoms with van der Waals surface area (Å²) >= 11 is 0. The van der Waals surface area contributed by atoms with Crippen LogP contribution < -0.4 is 11.1 Å². The van der Waals surface area contributed by atoms with Gasteiger partial charge in [0.25, 0.3) is 0 Å². The van der Waals surface area contributed by atoms with Crippen LogP contribution in [0.3, 0.4) is 0 Å². The minimum Gasteiger partial charge on any atom is -0.399 e. The summed E-state index contributed by atoms with van der Waals surface area (Å²) in [7, 11) is 1.65. The summed E-state index contributed by atoms with van der Waals surface area (Å²) < 4.78 is 13.3. The van der Waals surface area contributed by atoms with Gasteiger partial charge in [0.05, 0.1) is 6.04 Å². The van der Waals surface area contributed by atoms with E-state index < -0.39 is 0 Å². The first kappa shape index (κ1) is 13.8. The molecule has 1 aromatic rings. The van der Waals surface area contributed by atoms with E-state index in [1.807, 2.05) is 0 Å². The number of hydrogen-bond acceptors (Lipinski definition) is 3. The lowest BCUT2D eigenvalue weighted by atomic mass is 10.0. The number of nitrogens with zero attached hydrogens (tertiary/aromatic N) is 1. The minimum absolute atomic E-state index is 0.0316. The van der Waals surface area contributed by atoms with E-state index in [4.69, 9.17) is 5.73 Å². The van der Waals surface area contributed by atoms with Crippen LogP contribution in [0.1, 0.15) is 24.8 Å². The van der Waals surface area contributed by atoms with Crippen molar-refractivity contribution in [3.05, 3.63) is 29.6 Å². The Labute approximate surface area is 112 Å². The zero-order chi connectivity index (χ0) is 13.8. The lowest BCUT2D eigenvalue weighted by Crippen LogP contribution is -2.48. The molecular formula is C14H20FN3O. The second kappa shape index (κ2) is 6.02. The molecule has 4 nitrogen and oxygen atoms in total. The summed E-state index contributed by atoms with van der Waals surface area (Å²) in [5.74, 6) is -0.299. The number of piperidine rings is 1. The quantitative estimate of drug-likeness (QED) is 0.814. The largest absolute Gasteiger partial charge is 0.399 e. The molecule has 104 valence electrons. The van der Waals surface area contributed by atoms with Crippen LogP contribution in [0.2, 0.25) is 0 Å². The number of likely N-dealkylation sites (tertiary alicyclic amines) is 1. The third kappa shape index (κ3) is 3.44. The average molecular weight is 265 g/mol. The summed E-state index contributed by atoms with van der Waals surface area (Å²) in [6.45, 7) is 1.41. The fourth-order valence-electron chi connectivity index (χ4n) is 2.64. The molecule has 3 N–H and O–H groups in total. The van der Waals surface area contributed by atoms with E-state index in [1.54, 1.807) is 13.1 Å². The molecule has 1 saturated heterocycles. The highest BCUT2D eigenvalue weighted by atomic mass is 19.1. The monoisotopic (exact) mass is 265 g/mol. The molecule has 0 spiro atoms. The van der Waals surface area contributed by atoms with Gasteiger partial charge in [0.1, 0.15) is 5.82 Å². The maximum Gasteiger partial charge on any atom is 0.237 e. The number of carbonyl (C=O) groups excluding carboxylic acids is 1. The number of likely N-dealkylation sites (N-methyl/N-ethyl adjacent to an activating group) is 1. The Hall–Kier alpha value is -1.62. The Morgan fingerprint density at radius 3 is 2.95 bits per heavy atom. The van der Waals surface area contributed by atoms with Crippen LogP contribution >= 0.6 is 0 Å². The molecule has 1 unspecified atom stereocenters. The van der Waals surface area contributed by atoms with E-state index >= 15 is 0 Å². The summed E-state index contributed by atoms with van der Waals surface area (Å²) in [5.41, 5.74) is 6.88. The van der Waals surface area contributed by atoms with Crippen molar-refractivity contribution in [1.82, 2.24) is 10.2 Å². The van der Waals surface area contributed by atoms with E-state index in [0.717, 1.165) is 31.4 Å². The molecule has 2 rings (SSSR count). The number of nitrogen functional groups attached to an aromatic ring is 1. The molecule has 0 aliphatic carbocycles. The van der Waals surface area contributed by atoms with Crippen molar-refractivity contribution in [2.45, 2.75) is 31.8 Å². The molecule has 1 heterocycles. The summed E-state index contributed by atoms with van der Waals surface area (Å²) in [4.78, 5) is 13.9. The van der Waals surface area contributed by atoms with Crippen molar-refractivity contribution in [2.24, 2.45) is 0 Å². The average Bonchev–Trinajstić information content (AvgIpc) is 2.37. The van der Waals surface area contributed by atoms with E-state index in [1.165, 1.54) is 12.1 Å². The van der Waals surface area contributed by atoms with Crippen LogP contribution in [0.4, 0.5) is 10.1 Å². The van der Waals surface area contributed by atoms with Gasteiger partial charge in [-0.3, -0.25) is 9.69 Å². The molecule has 1 aromatic carbocycles. The van der Waals surface area contributed by atoms with Crippen molar-refractivity contribution in [1.29, 1.82) is 0 Å². The summed E-state index contributed by atoms with van der Waals surface area (Å²) in [5, 5.41) is 2.69. The SMILES string of the molecule is CNC(=O)C1CCCCN1Cc1cc(N)cc(F)c1. The number of benzene rings is 1. The Morgan fingerprint density at radius 1 is 1.47 bits per heavy atom. The second-order valence-corrected chi connectivity index (χ2v) is 4.99. The molecule has 1 aliphatic rings. The van der Waals surface area contributed by atoms with Crippen LogP contribution in [-0.2, 0) is 11.3 Å². The van der Waals surface area contributed by atoms with Crippen LogP contribution in [0, 0.1) is 5.82 Å². The highest BCUT2D eigenvalue weighted by Gasteiger charge is 2.27. The third-order valence-electron chi connectivity index (χ3n) is 3.53. The first-order valence-electron chi connectivity index (χ1n) is 6.60. The number of rotatable bonds is 3. The van der Waals surface area contributed by atoms with Crippen LogP contribution in [0.25, 0.3) is 0 Å². The molecular weight excluding hydrogens is 245 g/mol. The van der Waals surface area contributed by atoms with Gasteiger partial charge < -0.3 is 11.1 Å². The topological polar surface area (TPSA) is 58.4 Å². The first-order chi connectivity index (χ1) is 9.10. The molecule has 1 aliphatic heterocycles. The Kier molecular flexibility index (Phi) is 4.37. The van der Waals surface area contributed by atoms with Crippen molar-refractivity contribution < 1.29 is 9.18 Å². The van der Waals surface area contributed by atoms with Gasteiger partial charge in [-0.05, 0) is 43.1 Å². The summed E-state index contributed by atoms with van der Waals surface area (Å²) in [6.07, 6.45) is 2.97. The van der Waals surface area contributed by atoms with E-state index in [2.05, 4.69) is 10.2 Å². The number of amides is 1. The number of anilines is 1. The number of nitrogens with one attached hydrogen (secondary N) is 1. The maximum absolute atomic E-state index is 13.3. The number of carbonyl (C=O) groups is 1. The van der Waals surface area contributed by atoms with Gasteiger partial charge in [-0.1, -0.05) is 6.42 Å². The zero-order valence-corrected chi connectivity index (χ0v) is 11.2. The highest BCUT2D eigenvalue weighted by Crippen LogP contribution is 2.21. The Balaban J connectivity index is 2.12. The molecule has 5 heteroatoms. The molecule has 0 bridgehead atoms. The number of halogens is 1. The fraction of sp³-hybridized carbons (Fsp3) is 0.500. The predicted molar refractivity (Wildman–Crippen MR) is 72.9 cm³/mol. The van der Waals surface area contributed by atoms with Gasteiger partial charge in [0, 0.05) is 19.3 Å². The fourth-order valence-corrected chi connectivity index (χ4v) is 2.64. The minimum atomic E-state index is -0.330. The zero-order valence-electron chi connectivity index (χ0n) is 11.2. The second-order valence-electron chi connectivity index (χ2n) is 4.99. The lowest BCUT2D eigenvalue weighted by Gasteiger charge is -2.34. The van der Waals surface area contributed by atoms with Crippen LogP contribution in [-0.4, -0.2) is 30.4 Å². The number of nitrogens with two attached hydrogens (primary N) is 1. The van der Waals surface area contributed by atoms with Gasteiger partial charge in [0.2, 0.25) is 5.91 Å². The highest BCUT2D eigenvalue weighted by molar-refractivity contribution is 5.81. The Bertz CT molecular complexity index is 444. The smallest absolute Gasteiger partial charge is 0.237 e. The van der Waals surface area contributed by atoms with Crippen LogP contribution in [0.15, 0.2) is 18.2 Å². The standard InChI is InChI=1S/C14H20FN3O/c1-17-14(19)13-4-2-3-5-18(13)9-10-6-11(15)8-12(16)7-10/h6-8,13H,2-5,9,16H2,1H3,(H,17,19). The molecule has 0 saturated carbocycles. The molecule has 0 radical (unpaired) electrons. The normalized spacial score (nSPS) is 20.2. The number of hydrogen-bond donors (Lipinski definition) is 2. The molecule has 19 heavy (non-hydrogen) atoms. The van der Waals surface area contributed by atoms with Gasteiger partial charge >= 0.3 is 0 Å². The maximum atomic E-state index is 13.3. The van der Waals surface area contributed by atoms with Crippen molar-refractivity contribution in [3.63, 3.8) is 0 Å². The lowest BCUT2D eigenvalue weighted by molar-refractivity contribution is -0.127. The van der Waals surface area contributed by atoms with Gasteiger partial charge in [-0.15, -0.1) is 0 Å². The van der Waals surface area contributed by atoms with Crippen molar-refractivity contribution in [2.75, 3.05) is 19.3 Å². The molecule has 1 fully saturated rings. The van der Waals surface area contributed by atoms with Gasteiger partial charge in [0.15, 0.2) is 0 Å². The Morgan fingerprint density at radius 2 is 2.26 bits per heavy atom. The third-order valence-corrected chi connectivity index (χ3v) is 3.53.